The Labute approximate surface area is 61.7 Å². The monoisotopic (exact) mass is 154 g/mol. The van der Waals surface area contributed by atoms with Gasteiger partial charge in [-0.25, -0.2) is 4.79 Å². The molecule has 0 bridgehead atoms. The van der Waals surface area contributed by atoms with Crippen molar-refractivity contribution in [2.24, 2.45) is 0 Å². The topological polar surface area (TPSA) is 102 Å². The second kappa shape index (κ2) is 2.82. The molecule has 58 valence electrons. The smallest absolute Gasteiger partial charge is 0.410 e. The molecule has 0 atom stereocenters. The quantitative estimate of drug-likeness (QED) is 0.338. The van der Waals surface area contributed by atoms with Crippen molar-refractivity contribution in [2.45, 2.75) is 0 Å². The van der Waals surface area contributed by atoms with Crippen molar-refractivity contribution in [1.82, 2.24) is 15.5 Å². The summed E-state index contributed by atoms with van der Waals surface area (Å²) in [5, 5.41) is 23.2. The Balaban J connectivity index is 2.64. The van der Waals surface area contributed by atoms with Crippen molar-refractivity contribution in [3.8, 4) is 0 Å². The van der Waals surface area contributed by atoms with E-state index in [2.05, 4.69) is 10.2 Å². The zero-order chi connectivity index (χ0) is 8.27. The van der Waals surface area contributed by atoms with Gasteiger partial charge in [-0.2, -0.15) is 5.10 Å². The van der Waals surface area contributed by atoms with Crippen molar-refractivity contribution < 1.29 is 9.90 Å². The number of rotatable bonds is 1. The maximum Gasteiger partial charge on any atom is 0.410 e. The molecule has 0 aliphatic rings. The van der Waals surface area contributed by atoms with Gasteiger partial charge in [-0.05, 0) is 6.07 Å². The van der Waals surface area contributed by atoms with E-state index in [1.54, 1.807) is 0 Å². The van der Waals surface area contributed by atoms with E-state index in [-0.39, 0.29) is 5.84 Å². The molecule has 0 saturated carbocycles. The zero-order valence-electron chi connectivity index (χ0n) is 5.46. The van der Waals surface area contributed by atoms with Crippen LogP contribution in [0.5, 0.6) is 0 Å². The number of nitrogens with one attached hydrogen (secondary N) is 3. The summed E-state index contributed by atoms with van der Waals surface area (Å²) in [5.41, 5.74) is 0.340. The highest BCUT2D eigenvalue weighted by atomic mass is 16.4. The molecule has 1 rings (SSSR count). The van der Waals surface area contributed by atoms with Gasteiger partial charge in [0.05, 0.1) is 5.69 Å². The number of hydrogen-bond donors (Lipinski definition) is 4. The van der Waals surface area contributed by atoms with E-state index in [9.17, 15) is 4.79 Å². The van der Waals surface area contributed by atoms with E-state index in [1.165, 1.54) is 12.3 Å². The Kier molecular flexibility index (Phi) is 1.86. The molecular weight excluding hydrogens is 148 g/mol. The average Bonchev–Trinajstić information content (AvgIpc) is 2.35. The van der Waals surface area contributed by atoms with Gasteiger partial charge in [0.1, 0.15) is 0 Å². The molecule has 1 aromatic rings. The third-order valence-electron chi connectivity index (χ3n) is 1.00. The van der Waals surface area contributed by atoms with Crippen LogP contribution in [0.1, 0.15) is 5.69 Å². The van der Waals surface area contributed by atoms with Gasteiger partial charge in [0.25, 0.3) is 0 Å². The normalized spacial score (nSPS) is 9.09. The van der Waals surface area contributed by atoms with Crippen LogP contribution in [0.25, 0.3) is 0 Å². The van der Waals surface area contributed by atoms with E-state index < -0.39 is 6.09 Å². The molecule has 1 aromatic heterocycles. The van der Waals surface area contributed by atoms with Gasteiger partial charge in [-0.15, -0.1) is 0 Å². The van der Waals surface area contributed by atoms with Gasteiger partial charge in [0, 0.05) is 6.20 Å². The highest BCUT2D eigenvalue weighted by Crippen LogP contribution is 1.89. The molecule has 0 unspecified atom stereocenters. The Morgan fingerprint density at radius 2 is 2.55 bits per heavy atom. The number of aromatic amines is 1. The van der Waals surface area contributed by atoms with Crippen molar-refractivity contribution in [1.29, 1.82) is 5.41 Å². The summed E-state index contributed by atoms with van der Waals surface area (Å²) in [5.74, 6) is -0.213. The first-order valence-electron chi connectivity index (χ1n) is 2.78. The lowest BCUT2D eigenvalue weighted by molar-refractivity contribution is 0.200. The largest absolute Gasteiger partial charge is 0.465 e. The fourth-order valence-corrected chi connectivity index (χ4v) is 0.569. The minimum Gasteiger partial charge on any atom is -0.465 e. The first-order valence-corrected chi connectivity index (χ1v) is 2.78. The number of carbonyl (C=O) groups is 1. The third kappa shape index (κ3) is 1.78. The Morgan fingerprint density at radius 3 is 3.00 bits per heavy atom. The molecule has 0 aliphatic carbocycles. The van der Waals surface area contributed by atoms with Crippen LogP contribution in [0.4, 0.5) is 4.79 Å². The van der Waals surface area contributed by atoms with Gasteiger partial charge in [0.2, 0.25) is 0 Å². The van der Waals surface area contributed by atoms with Crippen LogP contribution in [0.3, 0.4) is 0 Å². The molecule has 0 fully saturated rings. The minimum absolute atomic E-state index is 0.213. The van der Waals surface area contributed by atoms with E-state index in [0.717, 1.165) is 0 Å². The van der Waals surface area contributed by atoms with Gasteiger partial charge < -0.3 is 5.11 Å². The summed E-state index contributed by atoms with van der Waals surface area (Å²) in [6.07, 6.45) is 0.178. The lowest BCUT2D eigenvalue weighted by atomic mass is 10.4. The average molecular weight is 154 g/mol. The van der Waals surface area contributed by atoms with Crippen LogP contribution in [0, 0.1) is 5.41 Å². The first kappa shape index (κ1) is 7.26. The lowest BCUT2D eigenvalue weighted by Crippen LogP contribution is -2.28. The van der Waals surface area contributed by atoms with E-state index in [4.69, 9.17) is 10.5 Å². The molecule has 0 spiro atoms. The molecule has 6 nitrogen and oxygen atoms in total. The molecule has 6 heteroatoms. The number of nitrogens with zero attached hydrogens (tertiary/aromatic N) is 1. The summed E-state index contributed by atoms with van der Waals surface area (Å²) < 4.78 is 0. The summed E-state index contributed by atoms with van der Waals surface area (Å²) in [6, 6.07) is 1.50. The van der Waals surface area contributed by atoms with Gasteiger partial charge >= 0.3 is 6.09 Å². The second-order valence-corrected chi connectivity index (χ2v) is 1.78. The summed E-state index contributed by atoms with van der Waals surface area (Å²) in [4.78, 5) is 10.0. The van der Waals surface area contributed by atoms with Crippen LogP contribution >= 0.6 is 0 Å². The minimum atomic E-state index is -1.26. The van der Waals surface area contributed by atoms with Crippen LogP contribution in [-0.2, 0) is 0 Å². The van der Waals surface area contributed by atoms with Crippen LogP contribution in [0.2, 0.25) is 0 Å². The number of amidine groups is 1. The first-order chi connectivity index (χ1) is 5.20. The zero-order valence-corrected chi connectivity index (χ0v) is 5.46. The number of aromatic nitrogens is 2. The molecule has 0 radical (unpaired) electrons. The van der Waals surface area contributed by atoms with Crippen molar-refractivity contribution in [3.05, 3.63) is 18.0 Å². The SMILES string of the molecule is N=C(NC(=O)O)c1ccn[nH]1. The molecule has 0 saturated heterocycles. The van der Waals surface area contributed by atoms with Gasteiger partial charge in [-0.3, -0.25) is 15.8 Å². The van der Waals surface area contributed by atoms with Crippen LogP contribution in [-0.4, -0.2) is 27.2 Å². The van der Waals surface area contributed by atoms with E-state index in [1.807, 2.05) is 5.32 Å². The number of hydrogen-bond acceptors (Lipinski definition) is 3. The van der Waals surface area contributed by atoms with Crippen molar-refractivity contribution in [2.75, 3.05) is 0 Å². The van der Waals surface area contributed by atoms with Crippen LogP contribution in [0.15, 0.2) is 12.3 Å². The van der Waals surface area contributed by atoms with E-state index in [0.29, 0.717) is 5.69 Å². The summed E-state index contributed by atoms with van der Waals surface area (Å²) >= 11 is 0. The Hall–Kier alpha value is -1.85. The van der Waals surface area contributed by atoms with Crippen molar-refractivity contribution in [3.63, 3.8) is 0 Å². The standard InChI is InChI=1S/C5H6N4O2/c6-4(8-5(10)11)3-1-2-7-9-3/h1-2H,(H2,6,8)(H,7,9)(H,10,11). The Bertz CT molecular complexity index is 266. The lowest BCUT2D eigenvalue weighted by Gasteiger charge is -1.97. The highest BCUT2D eigenvalue weighted by molar-refractivity contribution is 6.02. The maximum absolute atomic E-state index is 10.0. The van der Waals surface area contributed by atoms with Crippen molar-refractivity contribution >= 4 is 11.9 Å². The molecule has 1 amide bonds. The Morgan fingerprint density at radius 1 is 1.82 bits per heavy atom. The third-order valence-corrected chi connectivity index (χ3v) is 1.00. The predicted octanol–water partition coefficient (Wildman–Crippen LogP) is 0.00267. The second-order valence-electron chi connectivity index (χ2n) is 1.78. The van der Waals surface area contributed by atoms with Gasteiger partial charge in [0.15, 0.2) is 5.84 Å². The molecule has 0 aromatic carbocycles. The fraction of sp³-hybridized carbons (Fsp3) is 0. The maximum atomic E-state index is 10.0. The molecule has 11 heavy (non-hydrogen) atoms. The number of H-pyrrole nitrogens is 1. The van der Waals surface area contributed by atoms with E-state index >= 15 is 0 Å². The molecule has 0 aliphatic heterocycles. The molecule has 1 heterocycles. The van der Waals surface area contributed by atoms with Crippen LogP contribution < -0.4 is 5.32 Å². The number of carboxylic acid groups (broad SMARTS) is 1. The summed E-state index contributed by atoms with van der Waals surface area (Å²) in [7, 11) is 0. The number of amides is 1. The van der Waals surface area contributed by atoms with Gasteiger partial charge in [-0.1, -0.05) is 0 Å². The molecular formula is C5H6N4O2. The molecule has 4 N–H and O–H groups in total. The predicted molar refractivity (Wildman–Crippen MR) is 36.6 cm³/mol. The highest BCUT2D eigenvalue weighted by Gasteiger charge is 2.04. The fourth-order valence-electron chi connectivity index (χ4n) is 0.569. The summed E-state index contributed by atoms with van der Waals surface area (Å²) in [6.45, 7) is 0.